The van der Waals surface area contributed by atoms with Crippen molar-refractivity contribution in [2.75, 3.05) is 32.1 Å². The molecule has 1 N–H and O–H groups in total. The summed E-state index contributed by atoms with van der Waals surface area (Å²) in [7, 11) is 2.05. The number of piperidine rings is 1. The van der Waals surface area contributed by atoms with Gasteiger partial charge < -0.3 is 9.64 Å². The van der Waals surface area contributed by atoms with E-state index in [9.17, 15) is 27.6 Å². The summed E-state index contributed by atoms with van der Waals surface area (Å²) in [6, 6.07) is 19.6. The Bertz CT molecular complexity index is 1310. The minimum absolute atomic E-state index is 0.0385. The van der Waals surface area contributed by atoms with Crippen LogP contribution in [-0.2, 0) is 10.9 Å². The van der Waals surface area contributed by atoms with Crippen LogP contribution in [0.5, 0.6) is 0 Å². The van der Waals surface area contributed by atoms with Gasteiger partial charge in [-0.3, -0.25) is 5.32 Å². The van der Waals surface area contributed by atoms with Gasteiger partial charge in [-0.15, -0.1) is 0 Å². The van der Waals surface area contributed by atoms with Gasteiger partial charge in [0.1, 0.15) is 12.4 Å². The third-order valence-electron chi connectivity index (χ3n) is 6.91. The fourth-order valence-corrected chi connectivity index (χ4v) is 4.77. The lowest BCUT2D eigenvalue weighted by Crippen LogP contribution is -2.34. The molecule has 1 unspecified atom stereocenters. The van der Waals surface area contributed by atoms with Gasteiger partial charge in [-0.1, -0.05) is 36.4 Å². The van der Waals surface area contributed by atoms with E-state index < -0.39 is 23.7 Å². The Morgan fingerprint density at radius 2 is 1.79 bits per heavy atom. The van der Waals surface area contributed by atoms with Crippen LogP contribution >= 0.6 is 0 Å². The highest BCUT2D eigenvalue weighted by Gasteiger charge is 2.34. The predicted octanol–water partition coefficient (Wildman–Crippen LogP) is 7.06. The first-order chi connectivity index (χ1) is 18.1. The summed E-state index contributed by atoms with van der Waals surface area (Å²) in [5, 5.41) is 11.5. The number of carbonyl (C=O) groups is 1. The summed E-state index contributed by atoms with van der Waals surface area (Å²) >= 11 is 0. The fourth-order valence-electron chi connectivity index (χ4n) is 4.77. The molecule has 198 valence electrons. The zero-order valence-corrected chi connectivity index (χ0v) is 20.8. The molecular weight excluding hydrogens is 498 g/mol. The second-order valence-corrected chi connectivity index (χ2v) is 9.48. The average Bonchev–Trinajstić information content (AvgIpc) is 2.90. The molecule has 0 aliphatic carbocycles. The first-order valence-electron chi connectivity index (χ1n) is 12.2. The molecule has 5 nitrogen and oxygen atoms in total. The maximum Gasteiger partial charge on any atom is 0.419 e. The van der Waals surface area contributed by atoms with Crippen molar-refractivity contribution in [2.24, 2.45) is 5.92 Å². The Labute approximate surface area is 218 Å². The molecule has 1 fully saturated rings. The topological polar surface area (TPSA) is 65.4 Å². The normalized spacial score (nSPS) is 15.5. The molecule has 1 heterocycles. The van der Waals surface area contributed by atoms with Crippen molar-refractivity contribution >= 4 is 11.8 Å². The SMILES string of the molecule is CN1CCC(C(COC(=O)Nc2ccc(F)c(C(F)(F)F)c2)c2ccc(-c3cccc(C#N)c3)cc2)CC1. The van der Waals surface area contributed by atoms with E-state index in [0.717, 1.165) is 48.7 Å². The summed E-state index contributed by atoms with van der Waals surface area (Å²) in [5.41, 5.74) is 1.75. The lowest BCUT2D eigenvalue weighted by Gasteiger charge is -2.34. The first-order valence-corrected chi connectivity index (χ1v) is 12.2. The molecule has 1 saturated heterocycles. The van der Waals surface area contributed by atoms with Crippen LogP contribution in [0.1, 0.15) is 35.4 Å². The van der Waals surface area contributed by atoms with Crippen LogP contribution in [0.15, 0.2) is 66.7 Å². The van der Waals surface area contributed by atoms with Crippen LogP contribution in [0.2, 0.25) is 0 Å². The number of hydrogen-bond donors (Lipinski definition) is 1. The Balaban J connectivity index is 1.49. The summed E-state index contributed by atoms with van der Waals surface area (Å²) < 4.78 is 58.1. The van der Waals surface area contributed by atoms with Crippen LogP contribution in [0.3, 0.4) is 0 Å². The molecule has 3 aromatic carbocycles. The van der Waals surface area contributed by atoms with Crippen LogP contribution in [0.4, 0.5) is 28.0 Å². The van der Waals surface area contributed by atoms with Crippen molar-refractivity contribution in [2.45, 2.75) is 24.9 Å². The Morgan fingerprint density at radius 1 is 1.08 bits per heavy atom. The van der Waals surface area contributed by atoms with Gasteiger partial charge in [0.05, 0.1) is 17.2 Å². The molecule has 38 heavy (non-hydrogen) atoms. The van der Waals surface area contributed by atoms with E-state index >= 15 is 0 Å². The van der Waals surface area contributed by atoms with E-state index in [1.807, 2.05) is 42.5 Å². The molecule has 3 aromatic rings. The van der Waals surface area contributed by atoms with Gasteiger partial charge in [0.25, 0.3) is 0 Å². The molecular formula is C29H27F4N3O2. The first kappa shape index (κ1) is 27.1. The second-order valence-electron chi connectivity index (χ2n) is 9.48. The standard InChI is InChI=1S/C29H27F4N3O2/c1-36-13-11-22(12-14-36)25(21-7-5-20(6-8-21)23-4-2-3-19(15-23)17-34)18-38-28(37)35-24-9-10-27(30)26(16-24)29(31,32)33/h2-10,15-16,22,25H,11-14,18H2,1H3,(H,35,37). The number of amides is 1. The van der Waals surface area contributed by atoms with Crippen LogP contribution in [0.25, 0.3) is 11.1 Å². The maximum atomic E-state index is 13.6. The van der Waals surface area contributed by atoms with Gasteiger partial charge in [0, 0.05) is 11.6 Å². The minimum Gasteiger partial charge on any atom is -0.449 e. The molecule has 9 heteroatoms. The number of ether oxygens (including phenoxy) is 1. The molecule has 1 aliphatic rings. The molecule has 0 saturated carbocycles. The Kier molecular flexibility index (Phi) is 8.32. The number of rotatable bonds is 6. The van der Waals surface area contributed by atoms with Gasteiger partial charge in [-0.25, -0.2) is 9.18 Å². The number of alkyl halides is 3. The number of nitriles is 1. The van der Waals surface area contributed by atoms with Crippen LogP contribution in [-0.4, -0.2) is 37.7 Å². The largest absolute Gasteiger partial charge is 0.449 e. The highest BCUT2D eigenvalue weighted by atomic mass is 19.4. The number of nitrogens with zero attached hydrogens (tertiary/aromatic N) is 2. The van der Waals surface area contributed by atoms with Crippen molar-refractivity contribution in [3.63, 3.8) is 0 Å². The molecule has 0 aromatic heterocycles. The lowest BCUT2D eigenvalue weighted by atomic mass is 9.80. The highest BCUT2D eigenvalue weighted by Crippen LogP contribution is 2.35. The summed E-state index contributed by atoms with van der Waals surface area (Å²) in [6.07, 6.45) is -3.98. The molecule has 4 rings (SSSR count). The molecule has 1 amide bonds. The number of likely N-dealkylation sites (tertiary alicyclic amines) is 1. The number of nitrogens with one attached hydrogen (secondary N) is 1. The van der Waals surface area contributed by atoms with Crippen molar-refractivity contribution < 1.29 is 27.1 Å². The Hall–Kier alpha value is -3.90. The van der Waals surface area contributed by atoms with Crippen molar-refractivity contribution in [1.29, 1.82) is 5.26 Å². The molecule has 0 bridgehead atoms. The zero-order chi connectivity index (χ0) is 27.3. The minimum atomic E-state index is -4.88. The van der Waals surface area contributed by atoms with Gasteiger partial charge in [0.2, 0.25) is 0 Å². The molecule has 1 atom stereocenters. The summed E-state index contributed by atoms with van der Waals surface area (Å²) in [5.74, 6) is -1.29. The zero-order valence-electron chi connectivity index (χ0n) is 20.8. The number of carbonyl (C=O) groups excluding carboxylic acids is 1. The number of anilines is 1. The lowest BCUT2D eigenvalue weighted by molar-refractivity contribution is -0.139. The third-order valence-corrected chi connectivity index (χ3v) is 6.91. The van der Waals surface area contributed by atoms with Crippen molar-refractivity contribution in [1.82, 2.24) is 4.90 Å². The van der Waals surface area contributed by atoms with Gasteiger partial charge in [-0.2, -0.15) is 18.4 Å². The Morgan fingerprint density at radius 3 is 2.45 bits per heavy atom. The number of hydrogen-bond acceptors (Lipinski definition) is 4. The van der Waals surface area contributed by atoms with Gasteiger partial charge in [0.15, 0.2) is 0 Å². The van der Waals surface area contributed by atoms with E-state index in [0.29, 0.717) is 17.7 Å². The monoisotopic (exact) mass is 525 g/mol. The predicted molar refractivity (Wildman–Crippen MR) is 136 cm³/mol. The van der Waals surface area contributed by atoms with Crippen molar-refractivity contribution in [3.05, 3.63) is 89.2 Å². The summed E-state index contributed by atoms with van der Waals surface area (Å²) in [6.45, 7) is 1.85. The van der Waals surface area contributed by atoms with Crippen LogP contribution in [0, 0.1) is 23.1 Å². The van der Waals surface area contributed by atoms with E-state index in [2.05, 4.69) is 23.3 Å². The van der Waals surface area contributed by atoms with Gasteiger partial charge in [-0.05, 0) is 85.9 Å². The third kappa shape index (κ3) is 6.69. The number of halogens is 4. The average molecular weight is 526 g/mol. The number of benzene rings is 3. The van der Waals surface area contributed by atoms with E-state index in [1.165, 1.54) is 0 Å². The quantitative estimate of drug-likeness (QED) is 0.350. The second kappa shape index (κ2) is 11.7. The van der Waals surface area contributed by atoms with Crippen molar-refractivity contribution in [3.8, 4) is 17.2 Å². The van der Waals surface area contributed by atoms with Gasteiger partial charge >= 0.3 is 12.3 Å². The smallest absolute Gasteiger partial charge is 0.419 e. The molecule has 0 radical (unpaired) electrons. The molecule has 1 aliphatic heterocycles. The van der Waals surface area contributed by atoms with E-state index in [1.54, 1.807) is 6.07 Å². The fraction of sp³-hybridized carbons (Fsp3) is 0.310. The summed E-state index contributed by atoms with van der Waals surface area (Å²) in [4.78, 5) is 14.7. The van der Waals surface area contributed by atoms with Crippen LogP contribution < -0.4 is 5.32 Å². The van der Waals surface area contributed by atoms with E-state index in [4.69, 9.17) is 4.74 Å². The molecule has 0 spiro atoms. The van der Waals surface area contributed by atoms with E-state index in [-0.39, 0.29) is 24.1 Å². The maximum absolute atomic E-state index is 13.6. The highest BCUT2D eigenvalue weighted by molar-refractivity contribution is 5.84.